The van der Waals surface area contributed by atoms with Gasteiger partial charge in [0.05, 0.1) is 11.8 Å². The molecule has 2 N–H and O–H groups in total. The average Bonchev–Trinajstić information content (AvgIpc) is 3.32. The third-order valence-corrected chi connectivity index (χ3v) is 6.43. The minimum atomic E-state index is 0.430. The second-order valence-corrected chi connectivity index (χ2v) is 8.76. The molecule has 0 amide bonds. The van der Waals surface area contributed by atoms with Crippen LogP contribution < -0.4 is 10.6 Å². The van der Waals surface area contributed by atoms with Gasteiger partial charge in [0.1, 0.15) is 0 Å². The number of imidazole rings is 1. The van der Waals surface area contributed by atoms with Gasteiger partial charge in [0, 0.05) is 42.3 Å². The maximum atomic E-state index is 4.91. The fraction of sp³-hybridized carbons (Fsp3) is 0.269. The van der Waals surface area contributed by atoms with Gasteiger partial charge in [-0.3, -0.25) is 9.97 Å². The highest BCUT2D eigenvalue weighted by atomic mass is 15.2. The first-order valence-corrected chi connectivity index (χ1v) is 11.8. The molecule has 4 aromatic heterocycles. The molecular weight excluding hydrogens is 424 g/mol. The molecule has 0 aliphatic heterocycles. The summed E-state index contributed by atoms with van der Waals surface area (Å²) >= 11 is 0. The van der Waals surface area contributed by atoms with E-state index in [2.05, 4.69) is 37.3 Å². The molecule has 4 heterocycles. The zero-order chi connectivity index (χ0) is 22.7. The van der Waals surface area contributed by atoms with Crippen LogP contribution >= 0.6 is 0 Å². The van der Waals surface area contributed by atoms with Crippen molar-refractivity contribution >= 4 is 39.5 Å². The lowest BCUT2D eigenvalue weighted by atomic mass is 9.95. The molecule has 0 radical (unpaired) electrons. The van der Waals surface area contributed by atoms with Crippen molar-refractivity contribution in [2.75, 3.05) is 10.6 Å². The van der Waals surface area contributed by atoms with Crippen LogP contribution in [0.1, 0.15) is 43.7 Å². The predicted molar refractivity (Wildman–Crippen MR) is 134 cm³/mol. The van der Waals surface area contributed by atoms with E-state index < -0.39 is 0 Å². The first kappa shape index (κ1) is 20.5. The first-order chi connectivity index (χ1) is 16.8. The average molecular weight is 451 g/mol. The molecule has 1 aliphatic carbocycles. The van der Waals surface area contributed by atoms with Crippen LogP contribution in [0.2, 0.25) is 0 Å². The minimum Gasteiger partial charge on any atom is -0.364 e. The quantitative estimate of drug-likeness (QED) is 0.346. The highest BCUT2D eigenvalue weighted by Gasteiger charge is 2.21. The molecule has 0 unspecified atom stereocenters. The van der Waals surface area contributed by atoms with Crippen molar-refractivity contribution in [3.63, 3.8) is 0 Å². The zero-order valence-corrected chi connectivity index (χ0v) is 18.9. The molecule has 6 rings (SSSR count). The molecule has 1 saturated carbocycles. The molecule has 1 aromatic carbocycles. The SMILES string of the molecule is c1cncc(CNc2nc(Nc3ccc4ncccc4c3)nc3c2ncn3C2CCCCC2)c1. The first-order valence-electron chi connectivity index (χ1n) is 11.8. The van der Waals surface area contributed by atoms with E-state index in [-0.39, 0.29) is 0 Å². The number of aromatic nitrogens is 6. The summed E-state index contributed by atoms with van der Waals surface area (Å²) in [4.78, 5) is 23.1. The fourth-order valence-electron chi connectivity index (χ4n) is 4.69. The molecule has 0 atom stereocenters. The van der Waals surface area contributed by atoms with E-state index in [9.17, 15) is 0 Å². The smallest absolute Gasteiger partial charge is 0.231 e. The second kappa shape index (κ2) is 9.05. The third kappa shape index (κ3) is 4.14. The number of rotatable bonds is 6. The van der Waals surface area contributed by atoms with E-state index in [1.807, 2.05) is 42.9 Å². The van der Waals surface area contributed by atoms with Gasteiger partial charge in [-0.1, -0.05) is 31.4 Å². The zero-order valence-electron chi connectivity index (χ0n) is 18.9. The molecule has 1 fully saturated rings. The molecule has 34 heavy (non-hydrogen) atoms. The monoisotopic (exact) mass is 450 g/mol. The Kier molecular flexibility index (Phi) is 5.47. The Labute approximate surface area is 197 Å². The lowest BCUT2D eigenvalue weighted by Crippen LogP contribution is -2.13. The Bertz CT molecular complexity index is 1420. The molecule has 1 aliphatic rings. The summed E-state index contributed by atoms with van der Waals surface area (Å²) in [5.74, 6) is 1.26. The molecule has 0 saturated heterocycles. The Balaban J connectivity index is 1.38. The summed E-state index contributed by atoms with van der Waals surface area (Å²) < 4.78 is 2.24. The van der Waals surface area contributed by atoms with Crippen LogP contribution in [0.3, 0.4) is 0 Å². The summed E-state index contributed by atoms with van der Waals surface area (Å²) in [5, 5.41) is 7.93. The molecule has 170 valence electrons. The van der Waals surface area contributed by atoms with E-state index in [0.717, 1.165) is 46.2 Å². The molecule has 8 nitrogen and oxygen atoms in total. The Morgan fingerprint density at radius 3 is 2.74 bits per heavy atom. The van der Waals surface area contributed by atoms with Crippen molar-refractivity contribution in [3.05, 3.63) is 72.9 Å². The van der Waals surface area contributed by atoms with Gasteiger partial charge in [-0.2, -0.15) is 9.97 Å². The van der Waals surface area contributed by atoms with E-state index in [4.69, 9.17) is 15.0 Å². The molecule has 5 aromatic rings. The molecule has 0 bridgehead atoms. The van der Waals surface area contributed by atoms with E-state index in [1.54, 1.807) is 12.4 Å². The van der Waals surface area contributed by atoms with Crippen LogP contribution in [0.4, 0.5) is 17.5 Å². The van der Waals surface area contributed by atoms with Crippen molar-refractivity contribution in [2.24, 2.45) is 0 Å². The standard InChI is InChI=1S/C26H26N8/c1-2-8-21(9-3-1)34-17-30-23-24(29-16-18-6-4-12-27-15-18)32-26(33-25(23)34)31-20-10-11-22-19(14-20)7-5-13-28-22/h4-7,10-15,17,21H,1-3,8-9,16H2,(H2,29,31,32,33). The number of fused-ring (bicyclic) bond motifs is 2. The van der Waals surface area contributed by atoms with Crippen LogP contribution in [0.25, 0.3) is 22.1 Å². The number of hydrogen-bond donors (Lipinski definition) is 2. The van der Waals surface area contributed by atoms with Crippen molar-refractivity contribution in [2.45, 2.75) is 44.7 Å². The topological polar surface area (TPSA) is 93.4 Å². The van der Waals surface area contributed by atoms with Gasteiger partial charge >= 0.3 is 0 Å². The van der Waals surface area contributed by atoms with Gasteiger partial charge < -0.3 is 15.2 Å². The van der Waals surface area contributed by atoms with Gasteiger partial charge in [0.25, 0.3) is 0 Å². The summed E-state index contributed by atoms with van der Waals surface area (Å²) in [7, 11) is 0. The normalized spacial score (nSPS) is 14.5. The minimum absolute atomic E-state index is 0.430. The molecule has 8 heteroatoms. The summed E-state index contributed by atoms with van der Waals surface area (Å²) in [6.07, 6.45) is 13.5. The predicted octanol–water partition coefficient (Wildman–Crippen LogP) is 5.63. The fourth-order valence-corrected chi connectivity index (χ4v) is 4.69. The Hall–Kier alpha value is -4.07. The van der Waals surface area contributed by atoms with Gasteiger partial charge in [-0.25, -0.2) is 4.98 Å². The Morgan fingerprint density at radius 1 is 0.941 bits per heavy atom. The molecule has 0 spiro atoms. The number of pyridine rings is 2. The second-order valence-electron chi connectivity index (χ2n) is 8.76. The van der Waals surface area contributed by atoms with Crippen molar-refractivity contribution in [3.8, 4) is 0 Å². The van der Waals surface area contributed by atoms with Crippen molar-refractivity contribution < 1.29 is 0 Å². The number of nitrogens with zero attached hydrogens (tertiary/aromatic N) is 6. The summed E-state index contributed by atoms with van der Waals surface area (Å²) in [6, 6.07) is 14.5. The lowest BCUT2D eigenvalue weighted by Gasteiger charge is -2.23. The number of benzene rings is 1. The maximum Gasteiger partial charge on any atom is 0.231 e. The van der Waals surface area contributed by atoms with Gasteiger partial charge in [-0.05, 0) is 48.7 Å². The largest absolute Gasteiger partial charge is 0.364 e. The lowest BCUT2D eigenvalue weighted by molar-refractivity contribution is 0.358. The number of anilines is 3. The summed E-state index contributed by atoms with van der Waals surface area (Å²) in [6.45, 7) is 0.608. The van der Waals surface area contributed by atoms with Crippen LogP contribution in [0.15, 0.2) is 67.4 Å². The van der Waals surface area contributed by atoms with Crippen molar-refractivity contribution in [1.82, 2.24) is 29.5 Å². The Morgan fingerprint density at radius 2 is 1.85 bits per heavy atom. The molecular formula is C26H26N8. The van der Waals surface area contributed by atoms with E-state index in [0.29, 0.717) is 24.4 Å². The van der Waals surface area contributed by atoms with Gasteiger partial charge in [-0.15, -0.1) is 0 Å². The number of hydrogen-bond acceptors (Lipinski definition) is 7. The van der Waals surface area contributed by atoms with Crippen LogP contribution in [0.5, 0.6) is 0 Å². The van der Waals surface area contributed by atoms with Gasteiger partial charge in [0.2, 0.25) is 5.95 Å². The van der Waals surface area contributed by atoms with Gasteiger partial charge in [0.15, 0.2) is 17.0 Å². The maximum absolute atomic E-state index is 4.91. The van der Waals surface area contributed by atoms with Crippen LogP contribution in [0, 0.1) is 0 Å². The van der Waals surface area contributed by atoms with E-state index in [1.165, 1.54) is 19.3 Å². The third-order valence-electron chi connectivity index (χ3n) is 6.43. The highest BCUT2D eigenvalue weighted by molar-refractivity contribution is 5.86. The van der Waals surface area contributed by atoms with Crippen molar-refractivity contribution in [1.29, 1.82) is 0 Å². The van der Waals surface area contributed by atoms with E-state index >= 15 is 0 Å². The van der Waals surface area contributed by atoms with Crippen LogP contribution in [-0.4, -0.2) is 29.5 Å². The summed E-state index contributed by atoms with van der Waals surface area (Å²) in [5.41, 5.74) is 4.61. The van der Waals surface area contributed by atoms with Crippen LogP contribution in [-0.2, 0) is 6.54 Å². The highest BCUT2D eigenvalue weighted by Crippen LogP contribution is 2.32. The number of nitrogens with one attached hydrogen (secondary N) is 2.